The summed E-state index contributed by atoms with van der Waals surface area (Å²) in [6, 6.07) is 14.1. The van der Waals surface area contributed by atoms with E-state index in [1.807, 2.05) is 18.2 Å². The molecule has 154 valence electrons. The molecule has 2 N–H and O–H groups in total. The number of rotatable bonds is 6. The fourth-order valence-corrected chi connectivity index (χ4v) is 3.23. The van der Waals surface area contributed by atoms with E-state index in [0.717, 1.165) is 33.6 Å². The first kappa shape index (κ1) is 19.7. The van der Waals surface area contributed by atoms with Crippen LogP contribution in [-0.2, 0) is 13.0 Å². The van der Waals surface area contributed by atoms with Gasteiger partial charge in [0, 0.05) is 36.5 Å². The van der Waals surface area contributed by atoms with Crippen molar-refractivity contribution in [3.63, 3.8) is 0 Å². The fourth-order valence-electron chi connectivity index (χ4n) is 3.23. The van der Waals surface area contributed by atoms with Gasteiger partial charge in [0.05, 0.1) is 12.2 Å². The molecule has 0 saturated carbocycles. The Morgan fingerprint density at radius 3 is 2.67 bits per heavy atom. The zero-order valence-electron chi connectivity index (χ0n) is 16.9. The van der Waals surface area contributed by atoms with E-state index >= 15 is 0 Å². The highest BCUT2D eigenvalue weighted by Crippen LogP contribution is 2.24. The number of halogens is 1. The summed E-state index contributed by atoms with van der Waals surface area (Å²) in [5.74, 6) is 1.76. The minimum atomic E-state index is -0.286. The summed E-state index contributed by atoms with van der Waals surface area (Å²) in [5, 5.41) is 7.66. The quantitative estimate of drug-likeness (QED) is 0.366. The van der Waals surface area contributed by atoms with Gasteiger partial charge in [0.25, 0.3) is 0 Å². The van der Waals surface area contributed by atoms with E-state index in [4.69, 9.17) is 8.83 Å². The standard InChI is InChI=1S/C23H23FN4O2/c1-15-19-5-3-4-6-20(19)30-21(15)13-27-23(25-2)26-12-11-18-14-29-22(28-18)16-7-9-17(24)10-8-16/h3-10,14H,11-13H2,1-2H3,(H2,25,26,27). The predicted molar refractivity (Wildman–Crippen MR) is 115 cm³/mol. The number of para-hydroxylation sites is 1. The Morgan fingerprint density at radius 2 is 1.90 bits per heavy atom. The minimum Gasteiger partial charge on any atom is -0.459 e. The van der Waals surface area contributed by atoms with Crippen molar-refractivity contribution in [3.05, 3.63) is 77.6 Å². The number of aliphatic imine (C=N–C) groups is 1. The van der Waals surface area contributed by atoms with Crippen LogP contribution in [0.5, 0.6) is 0 Å². The number of aryl methyl sites for hydroxylation is 1. The van der Waals surface area contributed by atoms with Crippen LogP contribution in [0.25, 0.3) is 22.4 Å². The van der Waals surface area contributed by atoms with E-state index in [1.165, 1.54) is 12.1 Å². The number of benzene rings is 2. The summed E-state index contributed by atoms with van der Waals surface area (Å²) in [6.07, 6.45) is 2.28. The maximum Gasteiger partial charge on any atom is 0.226 e. The van der Waals surface area contributed by atoms with E-state index < -0.39 is 0 Å². The monoisotopic (exact) mass is 406 g/mol. The Labute approximate surface area is 173 Å². The molecule has 0 saturated heterocycles. The molecule has 0 aliphatic heterocycles. The molecule has 6 nitrogen and oxygen atoms in total. The molecule has 2 aromatic carbocycles. The zero-order valence-corrected chi connectivity index (χ0v) is 16.9. The second-order valence-electron chi connectivity index (χ2n) is 6.90. The van der Waals surface area contributed by atoms with Gasteiger partial charge in [-0.3, -0.25) is 4.99 Å². The maximum absolute atomic E-state index is 13.0. The number of hydrogen-bond acceptors (Lipinski definition) is 4. The van der Waals surface area contributed by atoms with E-state index in [9.17, 15) is 4.39 Å². The molecule has 0 fully saturated rings. The zero-order chi connectivity index (χ0) is 20.9. The Balaban J connectivity index is 1.29. The topological polar surface area (TPSA) is 75.6 Å². The third-order valence-corrected chi connectivity index (χ3v) is 4.90. The van der Waals surface area contributed by atoms with Crippen LogP contribution in [0.4, 0.5) is 4.39 Å². The van der Waals surface area contributed by atoms with Gasteiger partial charge in [-0.05, 0) is 37.3 Å². The number of guanidine groups is 1. The van der Waals surface area contributed by atoms with Crippen LogP contribution < -0.4 is 10.6 Å². The van der Waals surface area contributed by atoms with Crippen LogP contribution in [0.15, 0.2) is 68.6 Å². The molecular formula is C23H23FN4O2. The lowest BCUT2D eigenvalue weighted by atomic mass is 10.1. The van der Waals surface area contributed by atoms with Crippen LogP contribution >= 0.6 is 0 Å². The number of nitrogens with one attached hydrogen (secondary N) is 2. The van der Waals surface area contributed by atoms with Crippen molar-refractivity contribution in [2.45, 2.75) is 19.9 Å². The largest absolute Gasteiger partial charge is 0.459 e. The molecule has 2 aromatic heterocycles. The summed E-state index contributed by atoms with van der Waals surface area (Å²) in [5.41, 5.74) is 3.57. The first-order valence-electron chi connectivity index (χ1n) is 9.76. The van der Waals surface area contributed by atoms with Crippen molar-refractivity contribution in [1.29, 1.82) is 0 Å². The van der Waals surface area contributed by atoms with Crippen molar-refractivity contribution >= 4 is 16.9 Å². The summed E-state index contributed by atoms with van der Waals surface area (Å²) in [7, 11) is 1.73. The minimum absolute atomic E-state index is 0.286. The van der Waals surface area contributed by atoms with Crippen molar-refractivity contribution < 1.29 is 13.2 Å². The molecule has 7 heteroatoms. The molecule has 2 heterocycles. The van der Waals surface area contributed by atoms with Crippen molar-refractivity contribution in [2.75, 3.05) is 13.6 Å². The van der Waals surface area contributed by atoms with Crippen molar-refractivity contribution in [2.24, 2.45) is 4.99 Å². The van der Waals surface area contributed by atoms with E-state index in [-0.39, 0.29) is 5.82 Å². The van der Waals surface area contributed by atoms with Crippen LogP contribution in [0.2, 0.25) is 0 Å². The molecule has 4 rings (SSSR count). The Bertz CT molecular complexity index is 1160. The van der Waals surface area contributed by atoms with E-state index in [1.54, 1.807) is 25.4 Å². The van der Waals surface area contributed by atoms with Gasteiger partial charge in [-0.2, -0.15) is 0 Å². The van der Waals surface area contributed by atoms with Gasteiger partial charge < -0.3 is 19.5 Å². The molecule has 0 radical (unpaired) electrons. The van der Waals surface area contributed by atoms with E-state index in [2.05, 4.69) is 33.6 Å². The van der Waals surface area contributed by atoms with Gasteiger partial charge in [-0.25, -0.2) is 9.37 Å². The average molecular weight is 406 g/mol. The fraction of sp³-hybridized carbons (Fsp3) is 0.217. The number of fused-ring (bicyclic) bond motifs is 1. The summed E-state index contributed by atoms with van der Waals surface area (Å²) in [4.78, 5) is 8.71. The number of aromatic nitrogens is 1. The van der Waals surface area contributed by atoms with Crippen LogP contribution in [0.3, 0.4) is 0 Å². The first-order chi connectivity index (χ1) is 14.6. The van der Waals surface area contributed by atoms with Gasteiger partial charge in [-0.1, -0.05) is 18.2 Å². The number of furan rings is 1. The predicted octanol–water partition coefficient (Wildman–Crippen LogP) is 4.44. The van der Waals surface area contributed by atoms with Gasteiger partial charge in [-0.15, -0.1) is 0 Å². The smallest absolute Gasteiger partial charge is 0.226 e. The van der Waals surface area contributed by atoms with Gasteiger partial charge >= 0.3 is 0 Å². The van der Waals surface area contributed by atoms with Crippen molar-refractivity contribution in [3.8, 4) is 11.5 Å². The highest BCUT2D eigenvalue weighted by Gasteiger charge is 2.11. The van der Waals surface area contributed by atoms with Crippen LogP contribution in [0.1, 0.15) is 17.0 Å². The van der Waals surface area contributed by atoms with Crippen LogP contribution in [0, 0.1) is 12.7 Å². The molecule has 0 aliphatic carbocycles. The molecule has 0 aliphatic rings. The van der Waals surface area contributed by atoms with Gasteiger partial charge in [0.1, 0.15) is 23.4 Å². The summed E-state index contributed by atoms with van der Waals surface area (Å²) in [6.45, 7) is 3.23. The molecule has 0 amide bonds. The molecule has 0 unspecified atom stereocenters. The molecule has 4 aromatic rings. The van der Waals surface area contributed by atoms with Crippen molar-refractivity contribution in [1.82, 2.24) is 15.6 Å². The molecule has 0 atom stereocenters. The second kappa shape index (κ2) is 8.82. The Hall–Kier alpha value is -3.61. The molecular weight excluding hydrogens is 383 g/mol. The number of nitrogens with zero attached hydrogens (tertiary/aromatic N) is 2. The second-order valence-corrected chi connectivity index (χ2v) is 6.90. The highest BCUT2D eigenvalue weighted by molar-refractivity contribution is 5.82. The lowest BCUT2D eigenvalue weighted by Crippen LogP contribution is -2.37. The third-order valence-electron chi connectivity index (χ3n) is 4.90. The highest BCUT2D eigenvalue weighted by atomic mass is 19.1. The summed E-state index contributed by atoms with van der Waals surface area (Å²) >= 11 is 0. The Kier molecular flexibility index (Phi) is 5.79. The van der Waals surface area contributed by atoms with E-state index in [0.29, 0.717) is 31.4 Å². The lowest BCUT2D eigenvalue weighted by molar-refractivity contribution is 0.534. The van der Waals surface area contributed by atoms with Gasteiger partial charge in [0.15, 0.2) is 5.96 Å². The molecule has 30 heavy (non-hydrogen) atoms. The molecule has 0 spiro atoms. The van der Waals surface area contributed by atoms with Gasteiger partial charge in [0.2, 0.25) is 5.89 Å². The molecule has 0 bridgehead atoms. The SMILES string of the molecule is CN=C(NCCc1coc(-c2ccc(F)cc2)n1)NCc1oc2ccccc2c1C. The Morgan fingerprint density at radius 1 is 1.10 bits per heavy atom. The lowest BCUT2D eigenvalue weighted by Gasteiger charge is -2.10. The maximum atomic E-state index is 13.0. The number of hydrogen-bond donors (Lipinski definition) is 2. The number of oxazole rings is 1. The first-order valence-corrected chi connectivity index (χ1v) is 9.76. The third kappa shape index (κ3) is 4.35. The van der Waals surface area contributed by atoms with Crippen LogP contribution in [-0.4, -0.2) is 24.5 Å². The summed E-state index contributed by atoms with van der Waals surface area (Å²) < 4.78 is 24.5. The normalized spacial score (nSPS) is 11.8. The average Bonchev–Trinajstić information content (AvgIpc) is 3.36.